The fourth-order valence-corrected chi connectivity index (χ4v) is 2.34. The van der Waals surface area contributed by atoms with E-state index in [0.717, 1.165) is 11.1 Å². The third-order valence-electron chi connectivity index (χ3n) is 3.14. The molecule has 3 rings (SSSR count). The van der Waals surface area contributed by atoms with Gasteiger partial charge in [0.2, 0.25) is 11.6 Å². The molecule has 1 unspecified atom stereocenters. The summed E-state index contributed by atoms with van der Waals surface area (Å²) in [6.45, 7) is 0. The Bertz CT molecular complexity index is 599. The van der Waals surface area contributed by atoms with Crippen molar-refractivity contribution in [3.63, 3.8) is 0 Å². The van der Waals surface area contributed by atoms with Crippen molar-refractivity contribution in [2.24, 2.45) is 0 Å². The Balaban J connectivity index is 2.20. The molecule has 0 aromatic heterocycles. The van der Waals surface area contributed by atoms with Crippen LogP contribution in [0.2, 0.25) is 0 Å². The molecule has 0 saturated carbocycles. The lowest BCUT2D eigenvalue weighted by Crippen LogP contribution is -2.13. The highest BCUT2D eigenvalue weighted by molar-refractivity contribution is 6.49. The molecule has 2 aromatic carbocycles. The summed E-state index contributed by atoms with van der Waals surface area (Å²) in [5, 5.41) is 0. The third kappa shape index (κ3) is 1.41. The molecule has 2 aromatic rings. The van der Waals surface area contributed by atoms with Crippen LogP contribution in [0.15, 0.2) is 54.6 Å². The highest BCUT2D eigenvalue weighted by Crippen LogP contribution is 2.35. The molecule has 0 heterocycles. The Morgan fingerprint density at radius 1 is 0.765 bits per heavy atom. The third-order valence-corrected chi connectivity index (χ3v) is 3.14. The molecule has 0 radical (unpaired) electrons. The SMILES string of the molecule is O=C1C(=O)C(c2ccccc2)c2ccccc21. The van der Waals surface area contributed by atoms with Gasteiger partial charge in [0, 0.05) is 5.56 Å². The number of Topliss-reactive ketones (excluding diaryl/α,β-unsaturated/α-hetero) is 2. The van der Waals surface area contributed by atoms with E-state index in [0.29, 0.717) is 5.56 Å². The largest absolute Gasteiger partial charge is 0.289 e. The minimum absolute atomic E-state index is 0.322. The number of hydrogen-bond donors (Lipinski definition) is 0. The van der Waals surface area contributed by atoms with Crippen LogP contribution in [0.1, 0.15) is 27.4 Å². The molecule has 0 saturated heterocycles. The van der Waals surface area contributed by atoms with Gasteiger partial charge in [-0.3, -0.25) is 9.59 Å². The molecule has 0 aliphatic heterocycles. The quantitative estimate of drug-likeness (QED) is 0.695. The maximum Gasteiger partial charge on any atom is 0.229 e. The minimum atomic E-state index is -0.417. The molecule has 0 spiro atoms. The summed E-state index contributed by atoms with van der Waals surface area (Å²) < 4.78 is 0. The van der Waals surface area contributed by atoms with Gasteiger partial charge >= 0.3 is 0 Å². The molecular formula is C15H10O2. The first-order chi connectivity index (χ1) is 8.29. The van der Waals surface area contributed by atoms with E-state index in [-0.39, 0.29) is 11.6 Å². The van der Waals surface area contributed by atoms with E-state index in [9.17, 15) is 9.59 Å². The average molecular weight is 222 g/mol. The van der Waals surface area contributed by atoms with Crippen LogP contribution in [0, 0.1) is 0 Å². The van der Waals surface area contributed by atoms with Gasteiger partial charge in [-0.15, -0.1) is 0 Å². The number of benzene rings is 2. The minimum Gasteiger partial charge on any atom is -0.289 e. The van der Waals surface area contributed by atoms with E-state index < -0.39 is 5.92 Å². The highest BCUT2D eigenvalue weighted by Gasteiger charge is 2.38. The first-order valence-corrected chi connectivity index (χ1v) is 5.51. The Labute approximate surface area is 98.9 Å². The van der Waals surface area contributed by atoms with Gasteiger partial charge in [0.15, 0.2) is 0 Å². The topological polar surface area (TPSA) is 34.1 Å². The Kier molecular flexibility index (Phi) is 2.15. The number of carbonyl (C=O) groups excluding carboxylic acids is 2. The molecule has 0 bridgehead atoms. The number of ketones is 2. The van der Waals surface area contributed by atoms with E-state index in [1.165, 1.54) is 0 Å². The first-order valence-electron chi connectivity index (χ1n) is 5.51. The second kappa shape index (κ2) is 3.67. The summed E-state index contributed by atoms with van der Waals surface area (Å²) in [5.41, 5.74) is 2.26. The van der Waals surface area contributed by atoms with Crippen molar-refractivity contribution in [1.82, 2.24) is 0 Å². The number of rotatable bonds is 1. The Morgan fingerprint density at radius 3 is 2.18 bits per heavy atom. The summed E-state index contributed by atoms with van der Waals surface area (Å²) >= 11 is 0. The summed E-state index contributed by atoms with van der Waals surface area (Å²) in [5.74, 6) is -1.10. The Morgan fingerprint density at radius 2 is 1.41 bits per heavy atom. The Hall–Kier alpha value is -2.22. The van der Waals surface area contributed by atoms with Crippen LogP contribution in [0.4, 0.5) is 0 Å². The molecule has 0 fully saturated rings. The molecular weight excluding hydrogens is 212 g/mol. The molecule has 82 valence electrons. The van der Waals surface area contributed by atoms with E-state index in [1.54, 1.807) is 12.1 Å². The van der Waals surface area contributed by atoms with Gasteiger partial charge in [-0.1, -0.05) is 54.6 Å². The van der Waals surface area contributed by atoms with Crippen LogP contribution in [-0.2, 0) is 4.79 Å². The van der Waals surface area contributed by atoms with Crippen LogP contribution >= 0.6 is 0 Å². The summed E-state index contributed by atoms with van der Waals surface area (Å²) in [6.07, 6.45) is 0. The summed E-state index contributed by atoms with van der Waals surface area (Å²) in [7, 11) is 0. The van der Waals surface area contributed by atoms with Gasteiger partial charge in [0.05, 0.1) is 5.92 Å². The first kappa shape index (κ1) is 9.97. The van der Waals surface area contributed by atoms with Crippen molar-refractivity contribution < 1.29 is 9.59 Å². The normalized spacial score (nSPS) is 18.2. The lowest BCUT2D eigenvalue weighted by Gasteiger charge is -2.08. The summed E-state index contributed by atoms with van der Waals surface area (Å²) in [4.78, 5) is 23.8. The van der Waals surface area contributed by atoms with Crippen molar-refractivity contribution >= 4 is 11.6 Å². The van der Waals surface area contributed by atoms with Crippen molar-refractivity contribution in [3.8, 4) is 0 Å². The molecule has 0 N–H and O–H groups in total. The van der Waals surface area contributed by atoms with Gasteiger partial charge in [-0.2, -0.15) is 0 Å². The highest BCUT2D eigenvalue weighted by atomic mass is 16.2. The number of hydrogen-bond acceptors (Lipinski definition) is 2. The van der Waals surface area contributed by atoms with Crippen molar-refractivity contribution in [1.29, 1.82) is 0 Å². The zero-order valence-electron chi connectivity index (χ0n) is 9.09. The standard InChI is InChI=1S/C15H10O2/c16-14-12-9-5-4-8-11(12)13(15(14)17)10-6-2-1-3-7-10/h1-9,13H. The van der Waals surface area contributed by atoms with Gasteiger partial charge < -0.3 is 0 Å². The maximum absolute atomic E-state index is 12.0. The van der Waals surface area contributed by atoms with Crippen LogP contribution in [0.5, 0.6) is 0 Å². The van der Waals surface area contributed by atoms with Crippen molar-refractivity contribution in [2.45, 2.75) is 5.92 Å². The predicted octanol–water partition coefficient (Wildman–Crippen LogP) is 2.58. The zero-order chi connectivity index (χ0) is 11.8. The summed E-state index contributed by atoms with van der Waals surface area (Å²) in [6, 6.07) is 16.7. The molecule has 1 aliphatic carbocycles. The maximum atomic E-state index is 12.0. The average Bonchev–Trinajstić information content (AvgIpc) is 2.64. The van der Waals surface area contributed by atoms with Crippen LogP contribution in [-0.4, -0.2) is 11.6 Å². The lowest BCUT2D eigenvalue weighted by molar-refractivity contribution is -0.115. The van der Waals surface area contributed by atoms with Crippen molar-refractivity contribution in [2.75, 3.05) is 0 Å². The van der Waals surface area contributed by atoms with E-state index in [2.05, 4.69) is 0 Å². The fourth-order valence-electron chi connectivity index (χ4n) is 2.34. The van der Waals surface area contributed by atoms with Gasteiger partial charge in [-0.05, 0) is 11.1 Å². The van der Waals surface area contributed by atoms with E-state index in [4.69, 9.17) is 0 Å². The van der Waals surface area contributed by atoms with Crippen LogP contribution in [0.25, 0.3) is 0 Å². The monoisotopic (exact) mass is 222 g/mol. The van der Waals surface area contributed by atoms with Gasteiger partial charge in [-0.25, -0.2) is 0 Å². The molecule has 17 heavy (non-hydrogen) atoms. The second-order valence-electron chi connectivity index (χ2n) is 4.12. The molecule has 2 nitrogen and oxygen atoms in total. The predicted molar refractivity (Wildman–Crippen MR) is 64.1 cm³/mol. The zero-order valence-corrected chi connectivity index (χ0v) is 9.09. The van der Waals surface area contributed by atoms with Crippen LogP contribution < -0.4 is 0 Å². The molecule has 1 aliphatic rings. The fraction of sp³-hybridized carbons (Fsp3) is 0.0667. The smallest absolute Gasteiger partial charge is 0.229 e. The lowest BCUT2D eigenvalue weighted by atomic mass is 9.92. The molecule has 2 heteroatoms. The van der Waals surface area contributed by atoms with Crippen LogP contribution in [0.3, 0.4) is 0 Å². The number of carbonyl (C=O) groups is 2. The second-order valence-corrected chi connectivity index (χ2v) is 4.12. The number of fused-ring (bicyclic) bond motifs is 1. The van der Waals surface area contributed by atoms with E-state index >= 15 is 0 Å². The van der Waals surface area contributed by atoms with E-state index in [1.807, 2.05) is 42.5 Å². The molecule has 0 amide bonds. The van der Waals surface area contributed by atoms with Gasteiger partial charge in [0.25, 0.3) is 0 Å². The molecule has 1 atom stereocenters. The van der Waals surface area contributed by atoms with Gasteiger partial charge in [0.1, 0.15) is 0 Å². The van der Waals surface area contributed by atoms with Crippen molar-refractivity contribution in [3.05, 3.63) is 71.3 Å².